The smallest absolute Gasteiger partial charge is 0.417 e. The number of phenolic OH excluding ortho intramolecular Hbond substituents is 1. The molecule has 2 heterocycles. The molecule has 0 aliphatic rings. The zero-order chi connectivity index (χ0) is 23.2. The van der Waals surface area contributed by atoms with E-state index >= 15 is 0 Å². The van der Waals surface area contributed by atoms with Gasteiger partial charge in [-0.3, -0.25) is 0 Å². The maximum atomic E-state index is 14.0. The van der Waals surface area contributed by atoms with Gasteiger partial charge < -0.3 is 20.1 Å². The van der Waals surface area contributed by atoms with Gasteiger partial charge in [-0.25, -0.2) is 9.37 Å². The third-order valence-electron chi connectivity index (χ3n) is 5.44. The van der Waals surface area contributed by atoms with E-state index in [9.17, 15) is 27.8 Å². The number of nitrogens with zero attached hydrogens (tertiary/aromatic N) is 2. The summed E-state index contributed by atoms with van der Waals surface area (Å²) in [4.78, 5) is 8.88. The first-order chi connectivity index (χ1) is 14.2. The number of anilines is 1. The maximum absolute atomic E-state index is 14.0. The highest BCUT2D eigenvalue weighted by atomic mass is 19.4. The number of nitrogens with one attached hydrogen (secondary N) is 1. The van der Waals surface area contributed by atoms with E-state index in [4.69, 9.17) is 0 Å². The van der Waals surface area contributed by atoms with Gasteiger partial charge in [-0.05, 0) is 42.2 Å². The number of phenols is 1. The molecule has 3 aromatic rings. The summed E-state index contributed by atoms with van der Waals surface area (Å²) in [5.41, 5.74) is -3.76. The average Bonchev–Trinajstić information content (AvgIpc) is 3.03. The first-order valence-corrected chi connectivity index (χ1v) is 9.65. The fourth-order valence-electron chi connectivity index (χ4n) is 3.87. The van der Waals surface area contributed by atoms with Crippen LogP contribution >= 0.6 is 0 Å². The molecular formula is C22H25F4N3O2. The second kappa shape index (κ2) is 7.71. The van der Waals surface area contributed by atoms with Crippen molar-refractivity contribution in [1.29, 1.82) is 0 Å². The van der Waals surface area contributed by atoms with Gasteiger partial charge >= 0.3 is 6.18 Å². The number of hydrogen-bond acceptors (Lipinski definition) is 4. The van der Waals surface area contributed by atoms with E-state index in [2.05, 4.69) is 9.97 Å². The normalized spacial score (nSPS) is 14.6. The molecule has 0 saturated heterocycles. The van der Waals surface area contributed by atoms with Crippen LogP contribution < -0.4 is 4.90 Å². The minimum absolute atomic E-state index is 0.00773. The molecule has 0 amide bonds. The summed E-state index contributed by atoms with van der Waals surface area (Å²) in [6.07, 6.45) is -4.95. The summed E-state index contributed by atoms with van der Waals surface area (Å²) in [6, 6.07) is 6.38. The summed E-state index contributed by atoms with van der Waals surface area (Å²) >= 11 is 0. The fourth-order valence-corrected chi connectivity index (χ4v) is 3.87. The lowest BCUT2D eigenvalue weighted by Gasteiger charge is -2.38. The molecule has 0 aliphatic heterocycles. The molecular weight excluding hydrogens is 414 g/mol. The molecule has 3 rings (SSSR count). The number of rotatable bonds is 6. The lowest BCUT2D eigenvalue weighted by atomic mass is 9.73. The third-order valence-corrected chi connectivity index (χ3v) is 5.44. The van der Waals surface area contributed by atoms with Crippen molar-refractivity contribution in [3.8, 4) is 5.75 Å². The molecule has 0 saturated carbocycles. The topological polar surface area (TPSA) is 72.4 Å². The van der Waals surface area contributed by atoms with Gasteiger partial charge in [0.2, 0.25) is 0 Å². The highest BCUT2D eigenvalue weighted by molar-refractivity contribution is 5.82. The van der Waals surface area contributed by atoms with Gasteiger partial charge in [-0.2, -0.15) is 13.2 Å². The van der Waals surface area contributed by atoms with E-state index in [1.807, 2.05) is 0 Å². The molecule has 3 N–H and O–H groups in total. The Morgan fingerprint density at radius 3 is 2.39 bits per heavy atom. The van der Waals surface area contributed by atoms with Crippen LogP contribution in [0.2, 0.25) is 0 Å². The quantitative estimate of drug-likeness (QED) is 0.488. The standard InChI is InChI=1S/C22H25F4N3O2/c1-20(2,16-9-14(23)5-6-18(16)30)12-21(31,22(24,25)26)10-15-7-13-8-19(29(3)4)27-11-17(13)28-15/h5-9,11,28,30-31H,10,12H2,1-4H3. The molecule has 0 spiro atoms. The van der Waals surface area contributed by atoms with Gasteiger partial charge in [0.15, 0.2) is 5.60 Å². The number of aliphatic hydroxyl groups is 1. The summed E-state index contributed by atoms with van der Waals surface area (Å²) in [5.74, 6) is -0.369. The number of halogens is 4. The van der Waals surface area contributed by atoms with E-state index in [-0.39, 0.29) is 17.0 Å². The van der Waals surface area contributed by atoms with Crippen LogP contribution in [0.3, 0.4) is 0 Å². The van der Waals surface area contributed by atoms with E-state index < -0.39 is 35.9 Å². The largest absolute Gasteiger partial charge is 0.508 e. The van der Waals surface area contributed by atoms with Crippen LogP contribution in [0.4, 0.5) is 23.4 Å². The molecule has 0 aliphatic carbocycles. The van der Waals surface area contributed by atoms with Crippen LogP contribution in [0.15, 0.2) is 36.5 Å². The molecule has 1 aromatic carbocycles. The monoisotopic (exact) mass is 439 g/mol. The number of H-pyrrole nitrogens is 1. The Bertz CT molecular complexity index is 1090. The van der Waals surface area contributed by atoms with E-state index in [1.54, 1.807) is 31.1 Å². The number of aromatic hydroxyl groups is 1. The van der Waals surface area contributed by atoms with Crippen molar-refractivity contribution in [2.75, 3.05) is 19.0 Å². The lowest BCUT2D eigenvalue weighted by Crippen LogP contribution is -2.50. The summed E-state index contributed by atoms with van der Waals surface area (Å²) < 4.78 is 55.8. The summed E-state index contributed by atoms with van der Waals surface area (Å²) in [5, 5.41) is 21.5. The van der Waals surface area contributed by atoms with Crippen LogP contribution in [0, 0.1) is 5.82 Å². The first-order valence-electron chi connectivity index (χ1n) is 9.65. The highest BCUT2D eigenvalue weighted by Gasteiger charge is 2.56. The second-order valence-corrected chi connectivity index (χ2v) is 8.75. The van der Waals surface area contributed by atoms with Gasteiger partial charge in [0, 0.05) is 37.2 Å². The predicted molar refractivity (Wildman–Crippen MR) is 111 cm³/mol. The van der Waals surface area contributed by atoms with Gasteiger partial charge in [0.25, 0.3) is 0 Å². The van der Waals surface area contributed by atoms with E-state index in [0.29, 0.717) is 16.7 Å². The van der Waals surface area contributed by atoms with Crippen LogP contribution in [0.1, 0.15) is 31.5 Å². The lowest BCUT2D eigenvalue weighted by molar-refractivity contribution is -0.266. The van der Waals surface area contributed by atoms with Crippen molar-refractivity contribution >= 4 is 16.7 Å². The zero-order valence-electron chi connectivity index (χ0n) is 17.7. The zero-order valence-corrected chi connectivity index (χ0v) is 17.7. The van der Waals surface area contributed by atoms with Gasteiger partial charge in [-0.1, -0.05) is 13.8 Å². The number of aromatic amines is 1. The molecule has 168 valence electrons. The number of fused-ring (bicyclic) bond motifs is 1. The van der Waals surface area contributed by atoms with E-state index in [0.717, 1.165) is 18.2 Å². The van der Waals surface area contributed by atoms with Crippen LogP contribution in [0.5, 0.6) is 5.75 Å². The Kier molecular flexibility index (Phi) is 5.69. The Balaban J connectivity index is 1.97. The average molecular weight is 439 g/mol. The first kappa shape index (κ1) is 22.9. The minimum atomic E-state index is -4.96. The number of alkyl halides is 3. The van der Waals surface area contributed by atoms with Gasteiger partial charge in [0.1, 0.15) is 17.4 Å². The van der Waals surface area contributed by atoms with E-state index in [1.165, 1.54) is 20.0 Å². The summed E-state index contributed by atoms with van der Waals surface area (Å²) in [6.45, 7) is 2.85. The van der Waals surface area contributed by atoms with Crippen molar-refractivity contribution in [3.63, 3.8) is 0 Å². The molecule has 1 atom stereocenters. The number of hydrogen-bond donors (Lipinski definition) is 3. The Labute approximate surface area is 177 Å². The van der Waals surface area contributed by atoms with Gasteiger partial charge in [-0.15, -0.1) is 0 Å². The Morgan fingerprint density at radius 1 is 1.10 bits per heavy atom. The van der Waals surface area contributed by atoms with Crippen LogP contribution in [-0.2, 0) is 11.8 Å². The number of benzene rings is 1. The van der Waals surface area contributed by atoms with Crippen molar-refractivity contribution in [1.82, 2.24) is 9.97 Å². The van der Waals surface area contributed by atoms with Crippen molar-refractivity contribution in [3.05, 3.63) is 53.6 Å². The second-order valence-electron chi connectivity index (χ2n) is 8.75. The van der Waals surface area contributed by atoms with Crippen molar-refractivity contribution in [2.24, 2.45) is 0 Å². The molecule has 2 aromatic heterocycles. The van der Waals surface area contributed by atoms with Crippen LogP contribution in [0.25, 0.3) is 10.9 Å². The molecule has 0 radical (unpaired) electrons. The Hall–Kier alpha value is -2.81. The Morgan fingerprint density at radius 2 is 1.77 bits per heavy atom. The molecule has 0 bridgehead atoms. The minimum Gasteiger partial charge on any atom is -0.508 e. The van der Waals surface area contributed by atoms with Gasteiger partial charge in [0.05, 0.1) is 11.7 Å². The van der Waals surface area contributed by atoms with Crippen molar-refractivity contribution in [2.45, 2.75) is 43.9 Å². The van der Waals surface area contributed by atoms with Crippen molar-refractivity contribution < 1.29 is 27.8 Å². The predicted octanol–water partition coefficient (Wildman–Crippen LogP) is 4.68. The number of pyridine rings is 1. The van der Waals surface area contributed by atoms with Crippen LogP contribution in [-0.4, -0.2) is 46.1 Å². The summed E-state index contributed by atoms with van der Waals surface area (Å²) in [7, 11) is 3.60. The molecule has 31 heavy (non-hydrogen) atoms. The molecule has 0 fully saturated rings. The molecule has 5 nitrogen and oxygen atoms in total. The fraction of sp³-hybridized carbons (Fsp3) is 0.409. The molecule has 1 unspecified atom stereocenters. The highest BCUT2D eigenvalue weighted by Crippen LogP contribution is 2.45. The number of aromatic nitrogens is 2. The SMILES string of the molecule is CN(C)c1cc2cc(CC(O)(CC(C)(C)c3cc(F)ccc3O)C(F)(F)F)[nH]c2cn1. The molecule has 9 heteroatoms. The third kappa shape index (κ3) is 4.61. The maximum Gasteiger partial charge on any atom is 0.417 e.